The Hall–Kier alpha value is -4.18. The topological polar surface area (TPSA) is 58.2 Å². The van der Waals surface area contributed by atoms with Gasteiger partial charge in [-0.15, -0.1) is 0 Å². The number of anilines is 4. The van der Waals surface area contributed by atoms with Gasteiger partial charge in [-0.05, 0) is 86.1 Å². The number of hydrogen-bond acceptors (Lipinski definition) is 4. The largest absolute Gasteiger partial charge is 0.354 e. The lowest BCUT2D eigenvalue weighted by Crippen LogP contribution is -2.23. The maximum atomic E-state index is 13.9. The molecule has 0 saturated heterocycles. The number of rotatable bonds is 6. The van der Waals surface area contributed by atoms with Crippen LogP contribution < -0.4 is 10.6 Å². The Kier molecular flexibility index (Phi) is 6.66. The molecule has 0 saturated carbocycles. The molecule has 0 amide bonds. The smallest absolute Gasteiger partial charge is 0.196 e. The molecule has 0 unspecified atom stereocenters. The monoisotopic (exact) mass is 502 g/mol. The van der Waals surface area contributed by atoms with E-state index in [2.05, 4.69) is 76.4 Å². The summed E-state index contributed by atoms with van der Waals surface area (Å²) in [6.07, 6.45) is 1.92. The van der Waals surface area contributed by atoms with Crippen molar-refractivity contribution in [3.63, 3.8) is 0 Å². The van der Waals surface area contributed by atoms with E-state index in [-0.39, 0.29) is 11.6 Å². The highest BCUT2D eigenvalue weighted by atomic mass is 16.1. The summed E-state index contributed by atoms with van der Waals surface area (Å²) in [5.41, 5.74) is 11.9. The van der Waals surface area contributed by atoms with E-state index in [0.29, 0.717) is 33.6 Å². The summed E-state index contributed by atoms with van der Waals surface area (Å²) in [4.78, 5) is 27.9. The highest BCUT2D eigenvalue weighted by molar-refractivity contribution is 6.32. The van der Waals surface area contributed by atoms with Crippen LogP contribution in [-0.4, -0.2) is 11.6 Å². The van der Waals surface area contributed by atoms with Gasteiger partial charge in [0.2, 0.25) is 0 Å². The van der Waals surface area contributed by atoms with Crippen molar-refractivity contribution in [2.75, 3.05) is 10.6 Å². The van der Waals surface area contributed by atoms with Crippen LogP contribution in [0.2, 0.25) is 0 Å². The molecule has 4 aromatic carbocycles. The van der Waals surface area contributed by atoms with Gasteiger partial charge in [-0.1, -0.05) is 62.4 Å². The minimum atomic E-state index is -0.142. The summed E-state index contributed by atoms with van der Waals surface area (Å²) >= 11 is 0. The molecule has 0 spiro atoms. The molecule has 0 aliphatic heterocycles. The number of fused-ring (bicyclic) bond motifs is 2. The van der Waals surface area contributed by atoms with E-state index in [1.165, 1.54) is 11.1 Å². The minimum absolute atomic E-state index is 0.142. The van der Waals surface area contributed by atoms with E-state index >= 15 is 0 Å². The zero-order valence-electron chi connectivity index (χ0n) is 23.0. The quantitative estimate of drug-likeness (QED) is 0.245. The first-order valence-corrected chi connectivity index (χ1v) is 13.3. The first kappa shape index (κ1) is 25.5. The zero-order chi connectivity index (χ0) is 27.1. The molecule has 0 radical (unpaired) electrons. The molecular weight excluding hydrogens is 468 g/mol. The fourth-order valence-corrected chi connectivity index (χ4v) is 5.61. The Morgan fingerprint density at radius 2 is 0.895 bits per heavy atom. The number of benzene rings is 4. The van der Waals surface area contributed by atoms with Gasteiger partial charge in [-0.2, -0.15) is 0 Å². The van der Waals surface area contributed by atoms with Crippen molar-refractivity contribution in [3.8, 4) is 0 Å². The van der Waals surface area contributed by atoms with Crippen LogP contribution in [-0.2, 0) is 12.8 Å². The number of ketones is 2. The molecular formula is C34H34N2O2. The molecule has 0 bridgehead atoms. The SMILES string of the molecule is CCc1cc(C)c(Nc2ccc(Nc3c(C)cc(CC)cc3C)c3c2C(=O)c2ccccc2C3=O)c(C)c1. The van der Waals surface area contributed by atoms with Crippen LogP contribution in [0.15, 0.2) is 60.7 Å². The third kappa shape index (κ3) is 4.30. The van der Waals surface area contributed by atoms with Gasteiger partial charge in [0.15, 0.2) is 11.6 Å². The highest BCUT2D eigenvalue weighted by Crippen LogP contribution is 2.40. The second-order valence-electron chi connectivity index (χ2n) is 10.3. The van der Waals surface area contributed by atoms with Gasteiger partial charge in [-0.3, -0.25) is 9.59 Å². The fourth-order valence-electron chi connectivity index (χ4n) is 5.61. The molecule has 192 valence electrons. The van der Waals surface area contributed by atoms with Crippen molar-refractivity contribution in [2.45, 2.75) is 54.4 Å². The average Bonchev–Trinajstić information content (AvgIpc) is 2.91. The number of hydrogen-bond donors (Lipinski definition) is 2. The first-order valence-electron chi connectivity index (χ1n) is 13.3. The van der Waals surface area contributed by atoms with E-state index in [1.54, 1.807) is 12.1 Å². The van der Waals surface area contributed by atoms with Crippen molar-refractivity contribution < 1.29 is 9.59 Å². The molecule has 4 nitrogen and oxygen atoms in total. The molecule has 0 fully saturated rings. The van der Waals surface area contributed by atoms with Crippen LogP contribution in [0.1, 0.15) is 79.1 Å². The Morgan fingerprint density at radius 1 is 0.553 bits per heavy atom. The number of carbonyl (C=O) groups is 2. The molecule has 2 N–H and O–H groups in total. The van der Waals surface area contributed by atoms with Gasteiger partial charge < -0.3 is 10.6 Å². The molecule has 4 aromatic rings. The van der Waals surface area contributed by atoms with Crippen LogP contribution >= 0.6 is 0 Å². The van der Waals surface area contributed by atoms with E-state index < -0.39 is 0 Å². The predicted molar refractivity (Wildman–Crippen MR) is 157 cm³/mol. The summed E-state index contributed by atoms with van der Waals surface area (Å²) < 4.78 is 0. The lowest BCUT2D eigenvalue weighted by molar-refractivity contribution is 0.0980. The number of carbonyl (C=O) groups excluding carboxylic acids is 2. The average molecular weight is 503 g/mol. The van der Waals surface area contributed by atoms with E-state index in [9.17, 15) is 9.59 Å². The summed E-state index contributed by atoms with van der Waals surface area (Å²) in [6.45, 7) is 12.6. The number of aryl methyl sites for hydroxylation is 6. The molecule has 1 aliphatic rings. The lowest BCUT2D eigenvalue weighted by atomic mass is 9.82. The Balaban J connectivity index is 1.68. The maximum absolute atomic E-state index is 13.9. The zero-order valence-corrected chi connectivity index (χ0v) is 23.0. The minimum Gasteiger partial charge on any atom is -0.354 e. The third-order valence-electron chi connectivity index (χ3n) is 7.60. The van der Waals surface area contributed by atoms with E-state index in [1.807, 2.05) is 24.3 Å². The van der Waals surface area contributed by atoms with Gasteiger partial charge >= 0.3 is 0 Å². The van der Waals surface area contributed by atoms with Gasteiger partial charge in [-0.25, -0.2) is 0 Å². The van der Waals surface area contributed by atoms with E-state index in [0.717, 1.165) is 46.5 Å². The lowest BCUT2D eigenvalue weighted by Gasteiger charge is -2.25. The Bertz CT molecular complexity index is 1450. The molecule has 0 atom stereocenters. The normalized spacial score (nSPS) is 12.3. The van der Waals surface area contributed by atoms with Crippen molar-refractivity contribution in [1.29, 1.82) is 0 Å². The van der Waals surface area contributed by atoms with Crippen LogP contribution in [0, 0.1) is 27.7 Å². The van der Waals surface area contributed by atoms with Crippen molar-refractivity contribution in [2.24, 2.45) is 0 Å². The van der Waals surface area contributed by atoms with Crippen molar-refractivity contribution in [1.82, 2.24) is 0 Å². The van der Waals surface area contributed by atoms with Gasteiger partial charge in [0.1, 0.15) is 0 Å². The van der Waals surface area contributed by atoms with Crippen molar-refractivity contribution >= 4 is 34.3 Å². The molecule has 5 rings (SSSR count). The molecule has 1 aliphatic carbocycles. The fraction of sp³-hybridized carbons (Fsp3) is 0.235. The van der Waals surface area contributed by atoms with Crippen LogP contribution in [0.5, 0.6) is 0 Å². The third-order valence-corrected chi connectivity index (χ3v) is 7.60. The van der Waals surface area contributed by atoms with Crippen LogP contribution in [0.4, 0.5) is 22.7 Å². The summed E-state index contributed by atoms with van der Waals surface area (Å²) in [5.74, 6) is -0.284. The van der Waals surface area contributed by atoms with E-state index in [4.69, 9.17) is 0 Å². The van der Waals surface area contributed by atoms with Gasteiger partial charge in [0.25, 0.3) is 0 Å². The van der Waals surface area contributed by atoms with Gasteiger partial charge in [0, 0.05) is 22.5 Å². The van der Waals surface area contributed by atoms with Gasteiger partial charge in [0.05, 0.1) is 22.5 Å². The summed E-state index contributed by atoms with van der Waals surface area (Å²) in [7, 11) is 0. The standard InChI is InChI=1S/C34H34N2O2/c1-7-23-15-19(3)31(20(4)16-23)35-27-13-14-28(36-32-21(5)17-24(8-2)18-22(32)6)30-29(27)33(37)25-11-9-10-12-26(25)34(30)38/h9-18,35-36H,7-8H2,1-6H3. The van der Waals surface area contributed by atoms with Crippen LogP contribution in [0.25, 0.3) is 0 Å². The highest BCUT2D eigenvalue weighted by Gasteiger charge is 2.34. The second-order valence-corrected chi connectivity index (χ2v) is 10.3. The maximum Gasteiger partial charge on any atom is 0.196 e. The van der Waals surface area contributed by atoms with Crippen LogP contribution in [0.3, 0.4) is 0 Å². The molecule has 38 heavy (non-hydrogen) atoms. The van der Waals surface area contributed by atoms with Crippen molar-refractivity contribution in [3.05, 3.63) is 116 Å². The summed E-state index contributed by atoms with van der Waals surface area (Å²) in [6, 6.07) is 19.6. The molecule has 4 heteroatoms. The Labute approximate surface area is 225 Å². The second kappa shape index (κ2) is 9.94. The number of nitrogens with one attached hydrogen (secondary N) is 2. The molecule has 0 heterocycles. The first-order chi connectivity index (χ1) is 18.2. The summed E-state index contributed by atoms with van der Waals surface area (Å²) in [5, 5.41) is 7.06. The molecule has 0 aromatic heterocycles. The Morgan fingerprint density at radius 3 is 1.21 bits per heavy atom. The predicted octanol–water partition coefficient (Wildman–Crippen LogP) is 8.31.